The van der Waals surface area contributed by atoms with Crippen LogP contribution in [0.15, 0.2) is 51.8 Å². The second kappa shape index (κ2) is 8.50. The Hall–Kier alpha value is -1.76. The quantitative estimate of drug-likeness (QED) is 0.785. The highest BCUT2D eigenvalue weighted by Crippen LogP contribution is 2.34. The van der Waals surface area contributed by atoms with Gasteiger partial charge in [-0.15, -0.1) is 11.8 Å². The number of benzene rings is 1. The maximum Gasteiger partial charge on any atom is 0.287 e. The first-order valence-corrected chi connectivity index (χ1v) is 10.5. The summed E-state index contributed by atoms with van der Waals surface area (Å²) in [4.78, 5) is 13.8. The number of thioether (sulfide) groups is 1. The lowest BCUT2D eigenvalue weighted by Crippen LogP contribution is -2.51. The van der Waals surface area contributed by atoms with Gasteiger partial charge < -0.3 is 19.2 Å². The van der Waals surface area contributed by atoms with Crippen LogP contribution in [0.1, 0.15) is 42.0 Å². The molecule has 2 aromatic rings. The molecular formula is C21H25NO4S. The standard InChI is InChI=1S/C21H25NO4S/c23-20(22-16-8-11-25-21(14-16)9-12-24-13-10-21)19-7-6-17(26-19)15-27-18-4-2-1-3-5-18/h1-7,16H,8-15H2,(H,22,23)/t16-/m1/s1. The highest BCUT2D eigenvalue weighted by atomic mass is 32.2. The average Bonchev–Trinajstić information content (AvgIpc) is 3.17. The lowest BCUT2D eigenvalue weighted by atomic mass is 9.84. The van der Waals surface area contributed by atoms with Crippen molar-refractivity contribution >= 4 is 17.7 Å². The summed E-state index contributed by atoms with van der Waals surface area (Å²) in [5.74, 6) is 1.76. The second-order valence-electron chi connectivity index (χ2n) is 7.17. The van der Waals surface area contributed by atoms with Crippen molar-refractivity contribution in [3.05, 3.63) is 54.0 Å². The molecule has 27 heavy (non-hydrogen) atoms. The van der Waals surface area contributed by atoms with Gasteiger partial charge in [0.25, 0.3) is 5.91 Å². The Labute approximate surface area is 163 Å². The molecule has 1 N–H and O–H groups in total. The molecule has 144 valence electrons. The molecule has 2 saturated heterocycles. The third kappa shape index (κ3) is 4.75. The minimum Gasteiger partial charge on any atom is -0.455 e. The fraction of sp³-hybridized carbons (Fsp3) is 0.476. The summed E-state index contributed by atoms with van der Waals surface area (Å²) < 4.78 is 17.3. The van der Waals surface area contributed by atoms with Crippen molar-refractivity contribution in [1.29, 1.82) is 0 Å². The Kier molecular flexibility index (Phi) is 5.86. The second-order valence-corrected chi connectivity index (χ2v) is 8.22. The van der Waals surface area contributed by atoms with Crippen molar-refractivity contribution in [2.75, 3.05) is 19.8 Å². The van der Waals surface area contributed by atoms with Gasteiger partial charge in [-0.05, 0) is 49.9 Å². The number of carbonyl (C=O) groups excluding carboxylic acids is 1. The molecule has 1 atom stereocenters. The Balaban J connectivity index is 1.31. The number of carbonyl (C=O) groups is 1. The van der Waals surface area contributed by atoms with E-state index in [0.29, 0.717) is 18.1 Å². The molecule has 1 aromatic heterocycles. The highest BCUT2D eigenvalue weighted by Gasteiger charge is 2.39. The van der Waals surface area contributed by atoms with Gasteiger partial charge in [-0.25, -0.2) is 0 Å². The van der Waals surface area contributed by atoms with E-state index in [4.69, 9.17) is 13.9 Å². The molecule has 1 spiro atoms. The molecule has 3 heterocycles. The third-order valence-corrected chi connectivity index (χ3v) is 6.28. The van der Waals surface area contributed by atoms with Crippen LogP contribution in [-0.2, 0) is 15.2 Å². The van der Waals surface area contributed by atoms with E-state index in [2.05, 4.69) is 17.4 Å². The largest absolute Gasteiger partial charge is 0.455 e. The van der Waals surface area contributed by atoms with Crippen LogP contribution in [0.4, 0.5) is 0 Å². The van der Waals surface area contributed by atoms with E-state index in [1.807, 2.05) is 24.3 Å². The summed E-state index contributed by atoms with van der Waals surface area (Å²) in [6, 6.07) is 13.9. The topological polar surface area (TPSA) is 60.7 Å². The predicted octanol–water partition coefficient (Wildman–Crippen LogP) is 4.03. The van der Waals surface area contributed by atoms with Crippen molar-refractivity contribution in [2.24, 2.45) is 0 Å². The monoisotopic (exact) mass is 387 g/mol. The summed E-state index contributed by atoms with van der Waals surface area (Å²) in [5.41, 5.74) is -0.130. The van der Waals surface area contributed by atoms with Crippen LogP contribution in [0.25, 0.3) is 0 Å². The van der Waals surface area contributed by atoms with Gasteiger partial charge in [-0.2, -0.15) is 0 Å². The van der Waals surface area contributed by atoms with E-state index in [0.717, 1.165) is 44.7 Å². The van der Waals surface area contributed by atoms with Crippen LogP contribution >= 0.6 is 11.8 Å². The summed E-state index contributed by atoms with van der Waals surface area (Å²) in [7, 11) is 0. The first kappa shape index (κ1) is 18.6. The van der Waals surface area contributed by atoms with Gasteiger partial charge in [0.2, 0.25) is 0 Å². The van der Waals surface area contributed by atoms with E-state index in [-0.39, 0.29) is 17.6 Å². The molecule has 5 nitrogen and oxygen atoms in total. The molecule has 6 heteroatoms. The number of nitrogens with one attached hydrogen (secondary N) is 1. The first-order valence-electron chi connectivity index (χ1n) is 9.52. The number of furan rings is 1. The number of hydrogen-bond acceptors (Lipinski definition) is 5. The van der Waals surface area contributed by atoms with Gasteiger partial charge in [0.1, 0.15) is 5.76 Å². The molecule has 0 radical (unpaired) electrons. The zero-order chi connectivity index (χ0) is 18.5. The Morgan fingerprint density at radius 3 is 2.74 bits per heavy atom. The smallest absolute Gasteiger partial charge is 0.287 e. The maximum absolute atomic E-state index is 12.6. The lowest BCUT2D eigenvalue weighted by molar-refractivity contribution is -0.139. The molecule has 1 amide bonds. The van der Waals surface area contributed by atoms with Crippen molar-refractivity contribution in [2.45, 2.75) is 48.0 Å². The fourth-order valence-corrected chi connectivity index (χ4v) is 4.56. The van der Waals surface area contributed by atoms with Crippen molar-refractivity contribution in [3.8, 4) is 0 Å². The molecule has 2 aliphatic heterocycles. The molecule has 0 unspecified atom stereocenters. The van der Waals surface area contributed by atoms with Crippen LogP contribution in [0, 0.1) is 0 Å². The van der Waals surface area contributed by atoms with Gasteiger partial charge in [0.05, 0.1) is 11.4 Å². The van der Waals surface area contributed by atoms with Crippen LogP contribution in [-0.4, -0.2) is 37.4 Å². The van der Waals surface area contributed by atoms with E-state index < -0.39 is 0 Å². The summed E-state index contributed by atoms with van der Waals surface area (Å²) in [6.07, 6.45) is 3.49. The van der Waals surface area contributed by atoms with Gasteiger partial charge >= 0.3 is 0 Å². The van der Waals surface area contributed by atoms with E-state index in [1.165, 1.54) is 4.90 Å². The highest BCUT2D eigenvalue weighted by molar-refractivity contribution is 7.98. The third-order valence-electron chi connectivity index (χ3n) is 5.24. The van der Waals surface area contributed by atoms with Crippen LogP contribution < -0.4 is 5.32 Å². The number of ether oxygens (including phenoxy) is 2. The number of rotatable bonds is 5. The minimum absolute atomic E-state index is 0.122. The Morgan fingerprint density at radius 1 is 1.11 bits per heavy atom. The maximum atomic E-state index is 12.6. The molecule has 4 rings (SSSR count). The normalized spacial score (nSPS) is 21.9. The molecule has 1 aromatic carbocycles. The van der Waals surface area contributed by atoms with Crippen LogP contribution in [0.5, 0.6) is 0 Å². The van der Waals surface area contributed by atoms with Gasteiger partial charge in [0.15, 0.2) is 5.76 Å². The number of hydrogen-bond donors (Lipinski definition) is 1. The molecule has 0 saturated carbocycles. The first-order chi connectivity index (χ1) is 13.2. The molecule has 0 aliphatic carbocycles. The Bertz CT molecular complexity index is 749. The van der Waals surface area contributed by atoms with E-state index in [9.17, 15) is 4.79 Å². The predicted molar refractivity (Wildman–Crippen MR) is 104 cm³/mol. The van der Waals surface area contributed by atoms with Gasteiger partial charge in [-0.3, -0.25) is 4.79 Å². The van der Waals surface area contributed by atoms with E-state index >= 15 is 0 Å². The molecule has 2 aliphatic rings. The minimum atomic E-state index is -0.139. The molecule has 2 fully saturated rings. The molecule has 0 bridgehead atoms. The zero-order valence-electron chi connectivity index (χ0n) is 15.3. The van der Waals surface area contributed by atoms with Crippen molar-refractivity contribution < 1.29 is 18.7 Å². The Morgan fingerprint density at radius 2 is 1.93 bits per heavy atom. The SMILES string of the molecule is O=C(N[C@@H]1CCOC2(CCOCC2)C1)c1ccc(CSc2ccccc2)o1. The van der Waals surface area contributed by atoms with Crippen molar-refractivity contribution in [3.63, 3.8) is 0 Å². The van der Waals surface area contributed by atoms with Gasteiger partial charge in [-0.1, -0.05) is 18.2 Å². The summed E-state index contributed by atoms with van der Waals surface area (Å²) >= 11 is 1.70. The summed E-state index contributed by atoms with van der Waals surface area (Å²) in [5, 5.41) is 3.13. The van der Waals surface area contributed by atoms with Crippen LogP contribution in [0.3, 0.4) is 0 Å². The van der Waals surface area contributed by atoms with E-state index in [1.54, 1.807) is 17.8 Å². The van der Waals surface area contributed by atoms with Crippen LogP contribution in [0.2, 0.25) is 0 Å². The van der Waals surface area contributed by atoms with Crippen molar-refractivity contribution in [1.82, 2.24) is 5.32 Å². The average molecular weight is 388 g/mol. The summed E-state index contributed by atoms with van der Waals surface area (Å²) in [6.45, 7) is 2.16. The number of amides is 1. The molecular weight excluding hydrogens is 362 g/mol. The zero-order valence-corrected chi connectivity index (χ0v) is 16.1. The fourth-order valence-electron chi connectivity index (χ4n) is 3.75. The lowest BCUT2D eigenvalue weighted by Gasteiger charge is -2.43. The van der Waals surface area contributed by atoms with Gasteiger partial charge in [0, 0.05) is 30.8 Å².